The van der Waals surface area contributed by atoms with Crippen molar-refractivity contribution in [1.29, 1.82) is 0 Å². The van der Waals surface area contributed by atoms with Crippen molar-refractivity contribution in [3.63, 3.8) is 0 Å². The van der Waals surface area contributed by atoms with Gasteiger partial charge < -0.3 is 15.2 Å². The molecular formula is C21H23ClN4O2. The molecule has 0 radical (unpaired) electrons. The molecule has 6 nitrogen and oxygen atoms in total. The Morgan fingerprint density at radius 3 is 2.57 bits per heavy atom. The lowest BCUT2D eigenvalue weighted by atomic mass is 10.1. The molecule has 1 aromatic heterocycles. The summed E-state index contributed by atoms with van der Waals surface area (Å²) in [6, 6.07) is 17.4. The van der Waals surface area contributed by atoms with Crippen LogP contribution in [0.15, 0.2) is 59.1 Å². The number of halogens is 1. The van der Waals surface area contributed by atoms with Gasteiger partial charge in [-0.05, 0) is 24.0 Å². The minimum atomic E-state index is -0.147. The van der Waals surface area contributed by atoms with Gasteiger partial charge in [0.25, 0.3) is 0 Å². The Balaban J connectivity index is 0.00000225. The highest BCUT2D eigenvalue weighted by atomic mass is 35.5. The molecule has 1 saturated heterocycles. The number of nitrogens with two attached hydrogens (primary N) is 1. The van der Waals surface area contributed by atoms with Crippen molar-refractivity contribution >= 4 is 18.3 Å². The van der Waals surface area contributed by atoms with Gasteiger partial charge in [0.15, 0.2) is 0 Å². The molecule has 1 fully saturated rings. The molecule has 1 aliphatic heterocycles. The Hall–Kier alpha value is -2.70. The molecule has 0 spiro atoms. The number of carbonyl (C=O) groups excluding carboxylic acids is 1. The number of nitrogens with zero attached hydrogens (tertiary/aromatic N) is 3. The van der Waals surface area contributed by atoms with E-state index in [1.165, 1.54) is 0 Å². The SMILES string of the molecule is Cl.NCc1ccc(-c2noc(C3CCCN3C(=O)Cc3ccccc3)n2)cc1. The molecule has 1 aliphatic rings. The van der Waals surface area contributed by atoms with E-state index >= 15 is 0 Å². The van der Waals surface area contributed by atoms with Crippen LogP contribution in [0.1, 0.15) is 35.9 Å². The molecular weight excluding hydrogens is 376 g/mol. The molecule has 2 aromatic carbocycles. The number of rotatable bonds is 5. The molecule has 7 heteroatoms. The lowest BCUT2D eigenvalue weighted by molar-refractivity contribution is -0.131. The van der Waals surface area contributed by atoms with Crippen molar-refractivity contribution in [2.24, 2.45) is 5.73 Å². The average molecular weight is 399 g/mol. The first-order valence-corrected chi connectivity index (χ1v) is 9.21. The van der Waals surface area contributed by atoms with Gasteiger partial charge in [0, 0.05) is 18.7 Å². The van der Waals surface area contributed by atoms with Crippen LogP contribution >= 0.6 is 12.4 Å². The lowest BCUT2D eigenvalue weighted by Gasteiger charge is -2.21. The zero-order chi connectivity index (χ0) is 18.6. The van der Waals surface area contributed by atoms with Crippen LogP contribution in [-0.4, -0.2) is 27.5 Å². The van der Waals surface area contributed by atoms with E-state index in [0.29, 0.717) is 24.7 Å². The van der Waals surface area contributed by atoms with Gasteiger partial charge >= 0.3 is 0 Å². The summed E-state index contributed by atoms with van der Waals surface area (Å²) < 4.78 is 5.51. The predicted octanol–water partition coefficient (Wildman–Crippen LogP) is 3.52. The summed E-state index contributed by atoms with van der Waals surface area (Å²) in [6.45, 7) is 1.22. The maximum absolute atomic E-state index is 12.8. The highest BCUT2D eigenvalue weighted by Crippen LogP contribution is 2.32. The molecule has 0 bridgehead atoms. The average Bonchev–Trinajstić information content (AvgIpc) is 3.38. The molecule has 146 valence electrons. The summed E-state index contributed by atoms with van der Waals surface area (Å²) in [7, 11) is 0. The molecule has 4 rings (SSSR count). The molecule has 28 heavy (non-hydrogen) atoms. The standard InChI is InChI=1S/C21H22N4O2.ClH/c22-14-16-8-10-17(11-9-16)20-23-21(27-24-20)18-7-4-12-25(18)19(26)13-15-5-2-1-3-6-15;/h1-3,5-6,8-11,18H,4,7,12-14,22H2;1H. The van der Waals surface area contributed by atoms with Gasteiger partial charge in [-0.1, -0.05) is 59.8 Å². The van der Waals surface area contributed by atoms with Crippen molar-refractivity contribution in [3.8, 4) is 11.4 Å². The van der Waals surface area contributed by atoms with Gasteiger partial charge in [0.1, 0.15) is 6.04 Å². The lowest BCUT2D eigenvalue weighted by Crippen LogP contribution is -2.32. The maximum Gasteiger partial charge on any atom is 0.249 e. The number of aromatic nitrogens is 2. The Kier molecular flexibility index (Phi) is 6.44. The van der Waals surface area contributed by atoms with Crippen molar-refractivity contribution < 1.29 is 9.32 Å². The molecule has 2 N–H and O–H groups in total. The summed E-state index contributed by atoms with van der Waals surface area (Å²) in [4.78, 5) is 19.2. The molecule has 1 amide bonds. The smallest absolute Gasteiger partial charge is 0.249 e. The van der Waals surface area contributed by atoms with Crippen LogP contribution in [0.4, 0.5) is 0 Å². The maximum atomic E-state index is 12.8. The van der Waals surface area contributed by atoms with Crippen LogP contribution < -0.4 is 5.73 Å². The van der Waals surface area contributed by atoms with Crippen LogP contribution in [-0.2, 0) is 17.8 Å². The second-order valence-electron chi connectivity index (χ2n) is 6.76. The molecule has 3 aromatic rings. The third-order valence-electron chi connectivity index (χ3n) is 4.95. The summed E-state index contributed by atoms with van der Waals surface area (Å²) in [5, 5.41) is 4.11. The number of hydrogen-bond donors (Lipinski definition) is 1. The zero-order valence-corrected chi connectivity index (χ0v) is 16.3. The van der Waals surface area contributed by atoms with Gasteiger partial charge in [0.2, 0.25) is 17.6 Å². The van der Waals surface area contributed by atoms with Gasteiger partial charge in [-0.15, -0.1) is 12.4 Å². The zero-order valence-electron chi connectivity index (χ0n) is 15.5. The van der Waals surface area contributed by atoms with Crippen LogP contribution in [0.2, 0.25) is 0 Å². The quantitative estimate of drug-likeness (QED) is 0.710. The Morgan fingerprint density at radius 2 is 1.86 bits per heavy atom. The number of amides is 1. The van der Waals surface area contributed by atoms with E-state index in [4.69, 9.17) is 10.3 Å². The third kappa shape index (κ3) is 4.24. The van der Waals surface area contributed by atoms with Crippen LogP contribution in [0, 0.1) is 0 Å². The normalized spacial score (nSPS) is 16.0. The van der Waals surface area contributed by atoms with Crippen LogP contribution in [0.5, 0.6) is 0 Å². The van der Waals surface area contributed by atoms with E-state index in [1.807, 2.05) is 59.5 Å². The van der Waals surface area contributed by atoms with Gasteiger partial charge in [-0.2, -0.15) is 4.98 Å². The fourth-order valence-corrected chi connectivity index (χ4v) is 3.47. The summed E-state index contributed by atoms with van der Waals surface area (Å²) >= 11 is 0. The van der Waals surface area contributed by atoms with E-state index in [1.54, 1.807) is 0 Å². The number of benzene rings is 2. The third-order valence-corrected chi connectivity index (χ3v) is 4.95. The van der Waals surface area contributed by atoms with E-state index < -0.39 is 0 Å². The monoisotopic (exact) mass is 398 g/mol. The minimum absolute atomic E-state index is 0. The Labute approximate surface area is 170 Å². The van der Waals surface area contributed by atoms with Crippen LogP contribution in [0.25, 0.3) is 11.4 Å². The number of likely N-dealkylation sites (tertiary alicyclic amines) is 1. The van der Waals surface area contributed by atoms with Crippen molar-refractivity contribution in [2.75, 3.05) is 6.54 Å². The summed E-state index contributed by atoms with van der Waals surface area (Å²) in [5.41, 5.74) is 8.58. The highest BCUT2D eigenvalue weighted by molar-refractivity contribution is 5.85. The molecule has 1 unspecified atom stereocenters. The second-order valence-corrected chi connectivity index (χ2v) is 6.76. The number of carbonyl (C=O) groups is 1. The van der Waals surface area contributed by atoms with E-state index in [9.17, 15) is 4.79 Å². The van der Waals surface area contributed by atoms with Crippen molar-refractivity contribution in [3.05, 3.63) is 71.6 Å². The Bertz CT molecular complexity index is 912. The second kappa shape index (κ2) is 8.99. The van der Waals surface area contributed by atoms with Crippen LogP contribution in [0.3, 0.4) is 0 Å². The summed E-state index contributed by atoms with van der Waals surface area (Å²) in [5.74, 6) is 1.14. The largest absolute Gasteiger partial charge is 0.337 e. The Morgan fingerprint density at radius 1 is 1.11 bits per heavy atom. The van der Waals surface area contributed by atoms with E-state index in [2.05, 4.69) is 10.1 Å². The molecule has 2 heterocycles. The van der Waals surface area contributed by atoms with Gasteiger partial charge in [-0.25, -0.2) is 0 Å². The molecule has 1 atom stereocenters. The van der Waals surface area contributed by atoms with Crippen molar-refractivity contribution in [1.82, 2.24) is 15.0 Å². The molecule has 0 aliphatic carbocycles. The first kappa shape index (κ1) is 20.0. The first-order chi connectivity index (χ1) is 13.2. The first-order valence-electron chi connectivity index (χ1n) is 9.21. The van der Waals surface area contributed by atoms with Crippen molar-refractivity contribution in [2.45, 2.75) is 31.8 Å². The van der Waals surface area contributed by atoms with E-state index in [0.717, 1.165) is 36.1 Å². The summed E-state index contributed by atoms with van der Waals surface area (Å²) in [6.07, 6.45) is 2.17. The molecule has 0 saturated carbocycles. The van der Waals surface area contributed by atoms with Gasteiger partial charge in [0.05, 0.1) is 6.42 Å². The fraction of sp³-hybridized carbons (Fsp3) is 0.286. The number of hydrogen-bond acceptors (Lipinski definition) is 5. The fourth-order valence-electron chi connectivity index (χ4n) is 3.47. The van der Waals surface area contributed by atoms with E-state index in [-0.39, 0.29) is 24.4 Å². The minimum Gasteiger partial charge on any atom is -0.337 e. The topological polar surface area (TPSA) is 85.2 Å². The predicted molar refractivity (Wildman–Crippen MR) is 109 cm³/mol. The van der Waals surface area contributed by atoms with Gasteiger partial charge in [-0.3, -0.25) is 4.79 Å². The highest BCUT2D eigenvalue weighted by Gasteiger charge is 2.34.